The third-order valence-electron chi connectivity index (χ3n) is 5.35. The predicted octanol–water partition coefficient (Wildman–Crippen LogP) is 5.52. The molecular weight excluding hydrogens is 474 g/mol. The lowest BCUT2D eigenvalue weighted by Crippen LogP contribution is -2.31. The Bertz CT molecular complexity index is 1160. The van der Waals surface area contributed by atoms with Gasteiger partial charge in [-0.3, -0.25) is 5.32 Å². The normalized spacial score (nSPS) is 12.5. The van der Waals surface area contributed by atoms with Gasteiger partial charge in [0.05, 0.1) is 6.61 Å². The van der Waals surface area contributed by atoms with Gasteiger partial charge in [0.2, 0.25) is 0 Å². The number of aliphatic hydroxyl groups is 1. The quantitative estimate of drug-likeness (QED) is 0.262. The molecule has 0 aliphatic carbocycles. The summed E-state index contributed by atoms with van der Waals surface area (Å²) in [7, 11) is 0. The molecule has 0 aliphatic rings. The van der Waals surface area contributed by atoms with Gasteiger partial charge in [-0.25, -0.2) is 9.59 Å². The molecule has 0 bridgehead atoms. The van der Waals surface area contributed by atoms with Crippen molar-refractivity contribution in [2.75, 3.05) is 18.5 Å². The topological polar surface area (TPSA) is 114 Å². The van der Waals surface area contributed by atoms with Gasteiger partial charge in [0.1, 0.15) is 24.2 Å². The van der Waals surface area contributed by atoms with Crippen LogP contribution >= 0.6 is 0 Å². The van der Waals surface area contributed by atoms with E-state index in [1.807, 2.05) is 37.3 Å². The van der Waals surface area contributed by atoms with E-state index < -0.39 is 24.3 Å². The van der Waals surface area contributed by atoms with Crippen LogP contribution in [0.25, 0.3) is 0 Å². The fraction of sp³-hybridized carbons (Fsp3) is 0.241. The first-order valence-electron chi connectivity index (χ1n) is 11.9. The summed E-state index contributed by atoms with van der Waals surface area (Å²) in [5.74, 6) is -0.0445. The first kappa shape index (κ1) is 27.3. The first-order valence-corrected chi connectivity index (χ1v) is 11.9. The second-order valence-electron chi connectivity index (χ2n) is 8.21. The van der Waals surface area contributed by atoms with Crippen LogP contribution in [0.2, 0.25) is 0 Å². The van der Waals surface area contributed by atoms with E-state index in [1.165, 1.54) is 6.08 Å². The molecule has 0 saturated carbocycles. The number of aliphatic carboxylic acids is 1. The Hall–Kier alpha value is -4.30. The molecule has 2 atom stereocenters. The van der Waals surface area contributed by atoms with Crippen LogP contribution in [-0.4, -0.2) is 41.6 Å². The largest absolute Gasteiger partial charge is 0.491 e. The number of nitrogens with one attached hydrogen (secondary N) is 1. The molecule has 0 fully saturated rings. The van der Waals surface area contributed by atoms with Gasteiger partial charge in [-0.15, -0.1) is 0 Å². The molecule has 0 heterocycles. The lowest BCUT2D eigenvalue weighted by molar-refractivity contribution is -0.131. The van der Waals surface area contributed by atoms with Crippen molar-refractivity contribution in [2.24, 2.45) is 0 Å². The van der Waals surface area contributed by atoms with Gasteiger partial charge in [-0.2, -0.15) is 0 Å². The van der Waals surface area contributed by atoms with Gasteiger partial charge < -0.3 is 24.4 Å². The van der Waals surface area contributed by atoms with Crippen LogP contribution in [0.15, 0.2) is 91.0 Å². The van der Waals surface area contributed by atoms with Crippen LogP contribution < -0.4 is 14.8 Å². The summed E-state index contributed by atoms with van der Waals surface area (Å²) in [5, 5.41) is 21.0. The van der Waals surface area contributed by atoms with Crippen molar-refractivity contribution in [1.29, 1.82) is 0 Å². The van der Waals surface area contributed by atoms with Gasteiger partial charge in [-0.05, 0) is 50.1 Å². The van der Waals surface area contributed by atoms with E-state index >= 15 is 0 Å². The molecule has 0 aliphatic heterocycles. The van der Waals surface area contributed by atoms with E-state index in [-0.39, 0.29) is 13.2 Å². The number of carbonyl (C=O) groups excluding carboxylic acids is 1. The number of amides is 1. The zero-order chi connectivity index (χ0) is 26.5. The van der Waals surface area contributed by atoms with Crippen LogP contribution in [0.1, 0.15) is 30.1 Å². The summed E-state index contributed by atoms with van der Waals surface area (Å²) in [5.41, 5.74) is 2.18. The number of hydrogen-bond donors (Lipinski definition) is 3. The number of carboxylic acids is 1. The maximum Gasteiger partial charge on any atom is 0.412 e. The van der Waals surface area contributed by atoms with Crippen molar-refractivity contribution < 1.29 is 34.0 Å². The van der Waals surface area contributed by atoms with Crippen molar-refractivity contribution in [3.63, 3.8) is 0 Å². The van der Waals surface area contributed by atoms with Crippen LogP contribution in [0.4, 0.5) is 10.5 Å². The molecule has 0 aromatic heterocycles. The molecule has 0 saturated heterocycles. The zero-order valence-electron chi connectivity index (χ0n) is 20.6. The number of rotatable bonds is 13. The third-order valence-corrected chi connectivity index (χ3v) is 5.35. The monoisotopic (exact) mass is 505 g/mol. The maximum absolute atomic E-state index is 13.0. The maximum atomic E-state index is 13.0. The molecule has 37 heavy (non-hydrogen) atoms. The lowest BCUT2D eigenvalue weighted by atomic mass is 9.99. The Morgan fingerprint density at radius 1 is 0.973 bits per heavy atom. The third kappa shape index (κ3) is 9.01. The molecule has 0 spiro atoms. The van der Waals surface area contributed by atoms with Gasteiger partial charge in [0, 0.05) is 17.3 Å². The molecule has 3 N–H and O–H groups in total. The van der Waals surface area contributed by atoms with Crippen molar-refractivity contribution in [3.8, 4) is 11.5 Å². The lowest BCUT2D eigenvalue weighted by Gasteiger charge is -2.29. The molecular formula is C29H31NO7. The highest BCUT2D eigenvalue weighted by Gasteiger charge is 2.31. The van der Waals surface area contributed by atoms with Crippen molar-refractivity contribution in [1.82, 2.24) is 0 Å². The number of aliphatic hydroxyl groups excluding tert-OH is 1. The minimum Gasteiger partial charge on any atom is -0.491 e. The number of para-hydroxylation sites is 2. The molecule has 1 amide bonds. The highest BCUT2D eigenvalue weighted by molar-refractivity contribution is 5.84. The van der Waals surface area contributed by atoms with E-state index in [0.717, 1.165) is 11.6 Å². The predicted molar refractivity (Wildman–Crippen MR) is 140 cm³/mol. The molecule has 8 nitrogen and oxygen atoms in total. The zero-order valence-corrected chi connectivity index (χ0v) is 20.6. The number of ether oxygens (including phenoxy) is 3. The Labute approximate surface area is 216 Å². The summed E-state index contributed by atoms with van der Waals surface area (Å²) in [6, 6.07) is 23.5. The number of allylic oxidation sites excluding steroid dienone is 1. The fourth-order valence-electron chi connectivity index (χ4n) is 3.63. The Kier molecular flexibility index (Phi) is 10.6. The number of anilines is 1. The summed E-state index contributed by atoms with van der Waals surface area (Å²) in [6.45, 7) is 1.83. The summed E-state index contributed by atoms with van der Waals surface area (Å²) < 4.78 is 17.9. The SMILES string of the molecule is Cc1ccc(NC(=O)O[C@@H](c2ccccc2OCCO)[C@H](CC/C=C/C(=O)O)Oc2ccccc2)cc1. The molecule has 8 heteroatoms. The van der Waals surface area contributed by atoms with E-state index in [0.29, 0.717) is 35.6 Å². The Balaban J connectivity index is 1.94. The van der Waals surface area contributed by atoms with E-state index in [4.69, 9.17) is 19.3 Å². The Morgan fingerprint density at radius 3 is 2.38 bits per heavy atom. The highest BCUT2D eigenvalue weighted by Crippen LogP contribution is 2.34. The van der Waals surface area contributed by atoms with Gasteiger partial charge >= 0.3 is 12.1 Å². The van der Waals surface area contributed by atoms with Crippen LogP contribution in [0.5, 0.6) is 11.5 Å². The number of benzene rings is 3. The van der Waals surface area contributed by atoms with Crippen LogP contribution in [0, 0.1) is 6.92 Å². The van der Waals surface area contributed by atoms with Gasteiger partial charge in [0.25, 0.3) is 0 Å². The first-order chi connectivity index (χ1) is 18.0. The molecule has 3 rings (SSSR count). The average molecular weight is 506 g/mol. The van der Waals surface area contributed by atoms with Crippen molar-refractivity contribution in [2.45, 2.75) is 32.0 Å². The van der Waals surface area contributed by atoms with Gasteiger partial charge in [0.15, 0.2) is 6.10 Å². The minimum absolute atomic E-state index is 0.0604. The minimum atomic E-state index is -1.05. The van der Waals surface area contributed by atoms with E-state index in [9.17, 15) is 14.7 Å². The second-order valence-corrected chi connectivity index (χ2v) is 8.21. The highest BCUT2D eigenvalue weighted by atomic mass is 16.6. The molecule has 3 aromatic carbocycles. The number of carbonyl (C=O) groups is 2. The van der Waals surface area contributed by atoms with Crippen LogP contribution in [0.3, 0.4) is 0 Å². The number of carboxylic acid groups (broad SMARTS) is 1. The molecule has 0 radical (unpaired) electrons. The molecule has 3 aromatic rings. The second kappa shape index (κ2) is 14.3. The average Bonchev–Trinajstić information content (AvgIpc) is 2.90. The molecule has 194 valence electrons. The summed E-state index contributed by atoms with van der Waals surface area (Å²) in [4.78, 5) is 24.0. The fourth-order valence-corrected chi connectivity index (χ4v) is 3.63. The van der Waals surface area contributed by atoms with Gasteiger partial charge in [-0.1, -0.05) is 60.2 Å². The van der Waals surface area contributed by atoms with Crippen LogP contribution in [-0.2, 0) is 9.53 Å². The van der Waals surface area contributed by atoms with Crippen molar-refractivity contribution >= 4 is 17.7 Å². The summed E-state index contributed by atoms with van der Waals surface area (Å²) >= 11 is 0. The standard InChI is InChI=1S/C29H31NO7/c1-21-15-17-22(18-16-21)30-29(34)37-28(24-11-5-6-12-25(24)35-20-19-31)26(13-7-8-14-27(32)33)36-23-9-3-2-4-10-23/h2-6,8-12,14-18,26,28,31H,7,13,19-20H2,1H3,(H,30,34)(H,32,33)/b14-8+/t26-,28-/m0/s1. The molecule has 0 unspecified atom stereocenters. The number of aryl methyl sites for hydroxylation is 1. The Morgan fingerprint density at radius 2 is 1.68 bits per heavy atom. The van der Waals surface area contributed by atoms with E-state index in [2.05, 4.69) is 5.32 Å². The van der Waals surface area contributed by atoms with Crippen molar-refractivity contribution in [3.05, 3.63) is 102 Å². The summed E-state index contributed by atoms with van der Waals surface area (Å²) in [6.07, 6.45) is 1.01. The number of hydrogen-bond acceptors (Lipinski definition) is 6. The smallest absolute Gasteiger partial charge is 0.412 e. The van der Waals surface area contributed by atoms with E-state index in [1.54, 1.807) is 48.5 Å².